The van der Waals surface area contributed by atoms with Gasteiger partial charge >= 0.3 is 0 Å². The van der Waals surface area contributed by atoms with Crippen LogP contribution in [0.4, 0.5) is 5.13 Å². The highest BCUT2D eigenvalue weighted by molar-refractivity contribution is 7.15. The second-order valence-corrected chi connectivity index (χ2v) is 8.02. The van der Waals surface area contributed by atoms with Crippen LogP contribution in [0.3, 0.4) is 0 Å². The van der Waals surface area contributed by atoms with E-state index in [-0.39, 0.29) is 17.7 Å². The molecule has 0 spiro atoms. The Morgan fingerprint density at radius 3 is 2.44 bits per heavy atom. The molecule has 2 rings (SSSR count). The summed E-state index contributed by atoms with van der Waals surface area (Å²) in [4.78, 5) is 25.2. The maximum atomic E-state index is 12.7. The maximum absolute atomic E-state index is 12.7. The number of hydrogen-bond donors (Lipinski definition) is 2. The van der Waals surface area contributed by atoms with E-state index in [0.717, 1.165) is 23.4 Å². The van der Waals surface area contributed by atoms with Crippen molar-refractivity contribution in [2.75, 3.05) is 5.32 Å². The number of carbonyl (C=O) groups is 2. The average Bonchev–Trinajstić information content (AvgIpc) is 3.08. The molecule has 0 bridgehead atoms. The third-order valence-electron chi connectivity index (χ3n) is 4.52. The third-order valence-corrected chi connectivity index (χ3v) is 5.52. The zero-order valence-corrected chi connectivity index (χ0v) is 17.4. The van der Waals surface area contributed by atoms with Crippen molar-refractivity contribution in [3.63, 3.8) is 0 Å². The van der Waals surface area contributed by atoms with Crippen LogP contribution in [0.1, 0.15) is 67.4 Å². The van der Waals surface area contributed by atoms with Gasteiger partial charge < -0.3 is 5.32 Å². The van der Waals surface area contributed by atoms with Gasteiger partial charge in [-0.2, -0.15) is 0 Å². The van der Waals surface area contributed by atoms with Crippen LogP contribution < -0.4 is 10.6 Å². The molecule has 0 saturated carbocycles. The van der Waals surface area contributed by atoms with E-state index in [4.69, 9.17) is 0 Å². The lowest BCUT2D eigenvalue weighted by atomic mass is 10.0. The summed E-state index contributed by atoms with van der Waals surface area (Å²) in [6.07, 6.45) is 1.97. The molecule has 0 aliphatic heterocycles. The van der Waals surface area contributed by atoms with Crippen molar-refractivity contribution in [1.29, 1.82) is 0 Å². The molecule has 2 N–H and O–H groups in total. The van der Waals surface area contributed by atoms with Gasteiger partial charge in [-0.3, -0.25) is 14.9 Å². The summed E-state index contributed by atoms with van der Waals surface area (Å²) in [6.45, 7) is 9.95. The average molecular weight is 389 g/mol. The van der Waals surface area contributed by atoms with E-state index < -0.39 is 6.04 Å². The van der Waals surface area contributed by atoms with Crippen molar-refractivity contribution >= 4 is 28.3 Å². The van der Waals surface area contributed by atoms with Gasteiger partial charge in [0.2, 0.25) is 11.0 Å². The lowest BCUT2D eigenvalue weighted by Gasteiger charge is -2.21. The fraction of sp³-hybridized carbons (Fsp3) is 0.500. The molecule has 0 fully saturated rings. The quantitative estimate of drug-likeness (QED) is 0.712. The smallest absolute Gasteiger partial charge is 0.251 e. The van der Waals surface area contributed by atoms with Gasteiger partial charge in [-0.05, 0) is 37.8 Å². The molecule has 1 aromatic heterocycles. The molecule has 1 atom stereocenters. The number of nitrogens with one attached hydrogen (secondary N) is 2. The van der Waals surface area contributed by atoms with Crippen molar-refractivity contribution in [2.24, 2.45) is 5.92 Å². The molecule has 0 aliphatic rings. The van der Waals surface area contributed by atoms with Crippen LogP contribution in [0.25, 0.3) is 0 Å². The van der Waals surface area contributed by atoms with Crippen LogP contribution in [0, 0.1) is 12.8 Å². The minimum atomic E-state index is -0.654. The summed E-state index contributed by atoms with van der Waals surface area (Å²) in [5, 5.41) is 15.3. The Kier molecular flexibility index (Phi) is 7.47. The highest BCUT2D eigenvalue weighted by Crippen LogP contribution is 2.28. The number of anilines is 1. The Morgan fingerprint density at radius 1 is 1.15 bits per heavy atom. The van der Waals surface area contributed by atoms with Gasteiger partial charge in [0.1, 0.15) is 11.0 Å². The Balaban J connectivity index is 2.08. The zero-order valence-electron chi connectivity index (χ0n) is 16.6. The number of hydrogen-bond acceptors (Lipinski definition) is 5. The molecule has 2 aromatic rings. The monoisotopic (exact) mass is 388 g/mol. The SMILES string of the molecule is CCC(CC)c1nnc(NC(=O)[C@H](NC(=O)c2cccc(C)c2)C(C)C)s1. The second-order valence-electron chi connectivity index (χ2n) is 7.01. The molecule has 0 saturated heterocycles. The first-order valence-corrected chi connectivity index (χ1v) is 10.2. The Morgan fingerprint density at radius 2 is 1.85 bits per heavy atom. The third kappa shape index (κ3) is 5.60. The van der Waals surface area contributed by atoms with Crippen molar-refractivity contribution in [2.45, 2.75) is 59.4 Å². The van der Waals surface area contributed by atoms with Crippen LogP contribution in [0.15, 0.2) is 24.3 Å². The Bertz CT molecular complexity index is 784. The molecule has 0 radical (unpaired) electrons. The van der Waals surface area contributed by atoms with Crippen LogP contribution in [0.2, 0.25) is 0 Å². The summed E-state index contributed by atoms with van der Waals surface area (Å²) in [6, 6.07) is 6.64. The predicted molar refractivity (Wildman–Crippen MR) is 109 cm³/mol. The first-order chi connectivity index (χ1) is 12.8. The molecule has 0 unspecified atom stereocenters. The van der Waals surface area contributed by atoms with Crippen LogP contribution in [-0.4, -0.2) is 28.1 Å². The van der Waals surface area contributed by atoms with Gasteiger partial charge in [-0.15, -0.1) is 10.2 Å². The van der Waals surface area contributed by atoms with Gasteiger partial charge in [0.15, 0.2) is 0 Å². The molecule has 7 heteroatoms. The normalized spacial score (nSPS) is 12.3. The Hall–Kier alpha value is -2.28. The van der Waals surface area contributed by atoms with Gasteiger partial charge in [0.25, 0.3) is 5.91 Å². The van der Waals surface area contributed by atoms with Gasteiger partial charge in [0.05, 0.1) is 0 Å². The number of aromatic nitrogens is 2. The van der Waals surface area contributed by atoms with E-state index in [1.54, 1.807) is 12.1 Å². The first-order valence-electron chi connectivity index (χ1n) is 9.37. The predicted octanol–water partition coefficient (Wildman–Crippen LogP) is 4.14. The number of nitrogens with zero attached hydrogens (tertiary/aromatic N) is 2. The van der Waals surface area contributed by atoms with Gasteiger partial charge in [-0.25, -0.2) is 0 Å². The topological polar surface area (TPSA) is 84.0 Å². The first kappa shape index (κ1) is 21.0. The lowest BCUT2D eigenvalue weighted by Crippen LogP contribution is -2.47. The number of amides is 2. The highest BCUT2D eigenvalue weighted by atomic mass is 32.1. The summed E-state index contributed by atoms with van der Waals surface area (Å²) in [5.41, 5.74) is 1.54. The molecule has 0 aliphatic carbocycles. The zero-order chi connectivity index (χ0) is 20.0. The second kappa shape index (κ2) is 9.60. The molecule has 27 heavy (non-hydrogen) atoms. The summed E-state index contributed by atoms with van der Waals surface area (Å²) >= 11 is 1.40. The fourth-order valence-electron chi connectivity index (χ4n) is 2.82. The molecular weight excluding hydrogens is 360 g/mol. The number of aryl methyl sites for hydroxylation is 1. The van der Waals surface area contributed by atoms with E-state index in [1.165, 1.54) is 11.3 Å². The molecular formula is C20H28N4O2S. The summed E-state index contributed by atoms with van der Waals surface area (Å²) < 4.78 is 0. The van der Waals surface area contributed by atoms with Crippen molar-refractivity contribution < 1.29 is 9.59 Å². The fourth-order valence-corrected chi connectivity index (χ4v) is 3.83. The minimum Gasteiger partial charge on any atom is -0.340 e. The number of carbonyl (C=O) groups excluding carboxylic acids is 2. The number of benzene rings is 1. The molecule has 1 heterocycles. The van der Waals surface area contributed by atoms with Crippen molar-refractivity contribution in [3.8, 4) is 0 Å². The Labute approximate surface area is 164 Å². The van der Waals surface area contributed by atoms with Crippen LogP contribution in [-0.2, 0) is 4.79 Å². The van der Waals surface area contributed by atoms with E-state index in [9.17, 15) is 9.59 Å². The van der Waals surface area contributed by atoms with Gasteiger partial charge in [-0.1, -0.05) is 56.7 Å². The van der Waals surface area contributed by atoms with Crippen LogP contribution in [0.5, 0.6) is 0 Å². The molecule has 6 nitrogen and oxygen atoms in total. The van der Waals surface area contributed by atoms with E-state index in [0.29, 0.717) is 16.6 Å². The largest absolute Gasteiger partial charge is 0.340 e. The van der Waals surface area contributed by atoms with Crippen molar-refractivity contribution in [3.05, 3.63) is 40.4 Å². The highest BCUT2D eigenvalue weighted by Gasteiger charge is 2.26. The van der Waals surface area contributed by atoms with E-state index >= 15 is 0 Å². The maximum Gasteiger partial charge on any atom is 0.251 e. The standard InChI is InChI=1S/C20H28N4O2S/c1-6-14(7-2)19-23-24-20(27-19)22-18(26)16(12(3)4)21-17(25)15-10-8-9-13(5)11-15/h8-12,14,16H,6-7H2,1-5H3,(H,21,25)(H,22,24,26)/t16-/m1/s1. The van der Waals surface area contributed by atoms with Gasteiger partial charge in [0, 0.05) is 11.5 Å². The molecule has 1 aromatic carbocycles. The lowest BCUT2D eigenvalue weighted by molar-refractivity contribution is -0.118. The minimum absolute atomic E-state index is 0.0646. The number of rotatable bonds is 8. The van der Waals surface area contributed by atoms with E-state index in [2.05, 4.69) is 34.7 Å². The van der Waals surface area contributed by atoms with Crippen molar-refractivity contribution in [1.82, 2.24) is 15.5 Å². The molecule has 2 amide bonds. The molecule has 146 valence electrons. The summed E-state index contributed by atoms with van der Waals surface area (Å²) in [5.74, 6) is -0.249. The summed E-state index contributed by atoms with van der Waals surface area (Å²) in [7, 11) is 0. The van der Waals surface area contributed by atoms with E-state index in [1.807, 2.05) is 32.9 Å². The van der Waals surface area contributed by atoms with Crippen LogP contribution >= 0.6 is 11.3 Å².